The number of rotatable bonds is 17. The molecule has 4 amide bonds. The number of hydrogen-bond donors (Lipinski definition) is 5. The molecule has 0 bridgehead atoms. The van der Waals surface area contributed by atoms with Crippen LogP contribution in [0.25, 0.3) is 0 Å². The molecule has 13 heteroatoms. The van der Waals surface area contributed by atoms with Crippen molar-refractivity contribution in [2.45, 2.75) is 104 Å². The number of aliphatic hydroxyl groups is 1. The molecule has 0 spiro atoms. The van der Waals surface area contributed by atoms with Crippen LogP contribution in [-0.2, 0) is 25.6 Å². The van der Waals surface area contributed by atoms with E-state index in [-0.39, 0.29) is 24.9 Å². The summed E-state index contributed by atoms with van der Waals surface area (Å²) in [5.41, 5.74) is 3.72. The Kier molecular flexibility index (Phi) is 16.6. The molecule has 260 valence electrons. The monoisotopic (exact) mass is 649 g/mol. The van der Waals surface area contributed by atoms with Gasteiger partial charge in [-0.1, -0.05) is 71.9 Å². The Morgan fingerprint density at radius 1 is 0.848 bits per heavy atom. The topological polar surface area (TPSA) is 168 Å². The molecule has 1 aromatic carbocycles. The fourth-order valence-electron chi connectivity index (χ4n) is 5.61. The van der Waals surface area contributed by atoms with Crippen LogP contribution in [0.15, 0.2) is 24.3 Å². The number of hydrazine groups is 1. The second-order valence-corrected chi connectivity index (χ2v) is 12.6. The molecule has 0 aromatic heterocycles. The van der Waals surface area contributed by atoms with Gasteiger partial charge in [-0.3, -0.25) is 15.0 Å². The fourth-order valence-corrected chi connectivity index (χ4v) is 5.61. The number of benzene rings is 1. The van der Waals surface area contributed by atoms with E-state index in [0.29, 0.717) is 24.7 Å². The lowest BCUT2D eigenvalue weighted by Gasteiger charge is -2.35. The number of carbonyl (C=O) groups excluding carboxylic acids is 4. The van der Waals surface area contributed by atoms with Crippen molar-refractivity contribution < 1.29 is 38.5 Å². The zero-order valence-corrected chi connectivity index (χ0v) is 28.5. The van der Waals surface area contributed by atoms with Gasteiger partial charge < -0.3 is 35.3 Å². The Morgan fingerprint density at radius 2 is 1.39 bits per heavy atom. The van der Waals surface area contributed by atoms with Crippen molar-refractivity contribution in [3.63, 3.8) is 0 Å². The Morgan fingerprint density at radius 3 is 1.89 bits per heavy atom. The van der Waals surface area contributed by atoms with Crippen molar-refractivity contribution in [2.24, 2.45) is 17.8 Å². The molecule has 1 aliphatic carbocycles. The van der Waals surface area contributed by atoms with Crippen LogP contribution in [0.5, 0.6) is 5.75 Å². The number of nitrogens with one attached hydrogen (secondary N) is 4. The summed E-state index contributed by atoms with van der Waals surface area (Å²) in [5.74, 6) is -0.386. The smallest absolute Gasteiger partial charge is 0.407 e. The maximum Gasteiger partial charge on any atom is 0.407 e. The molecule has 1 fully saturated rings. The highest BCUT2D eigenvalue weighted by Gasteiger charge is 2.33. The summed E-state index contributed by atoms with van der Waals surface area (Å²) in [7, 11) is 2.46. The SMILES string of the molecule is CCOc1ccc(CN(C[C@H](O)[C@H](CC2CCCCC2)NC(=O)[C@@H](NC(=O)OC)C(C)C)NC(=O)[C@@H](NC(=O)OC)C(C)C)cc1. The third-order valence-corrected chi connectivity index (χ3v) is 8.20. The highest BCUT2D eigenvalue weighted by Crippen LogP contribution is 2.28. The Hall–Kier alpha value is -3.58. The number of hydrogen-bond acceptors (Lipinski definition) is 9. The highest BCUT2D eigenvalue weighted by atomic mass is 16.5. The Labute approximate surface area is 273 Å². The Balaban J connectivity index is 2.35. The summed E-state index contributed by atoms with van der Waals surface area (Å²) >= 11 is 0. The number of methoxy groups -OCH3 is 2. The van der Waals surface area contributed by atoms with Crippen LogP contribution in [-0.4, -0.2) is 85.7 Å². The van der Waals surface area contributed by atoms with E-state index in [1.807, 2.05) is 45.0 Å². The van der Waals surface area contributed by atoms with E-state index in [2.05, 4.69) is 21.4 Å². The predicted octanol–water partition coefficient (Wildman–Crippen LogP) is 3.50. The molecule has 46 heavy (non-hydrogen) atoms. The molecule has 1 aliphatic rings. The second-order valence-electron chi connectivity index (χ2n) is 12.6. The highest BCUT2D eigenvalue weighted by molar-refractivity contribution is 5.86. The second kappa shape index (κ2) is 19.8. The lowest BCUT2D eigenvalue weighted by molar-refractivity contribution is -0.131. The molecular weight excluding hydrogens is 594 g/mol. The van der Waals surface area contributed by atoms with Gasteiger partial charge in [0, 0.05) is 13.1 Å². The minimum absolute atomic E-state index is 0.0313. The van der Waals surface area contributed by atoms with Gasteiger partial charge in [-0.2, -0.15) is 0 Å². The molecule has 1 saturated carbocycles. The first-order valence-corrected chi connectivity index (χ1v) is 16.3. The van der Waals surface area contributed by atoms with Gasteiger partial charge in [-0.05, 0) is 48.8 Å². The van der Waals surface area contributed by atoms with E-state index < -0.39 is 48.2 Å². The number of alkyl carbamates (subject to hydrolysis) is 2. The summed E-state index contributed by atoms with van der Waals surface area (Å²) in [6.45, 7) is 9.85. The summed E-state index contributed by atoms with van der Waals surface area (Å²) in [6.07, 6.45) is 3.32. The van der Waals surface area contributed by atoms with Crippen LogP contribution in [0.4, 0.5) is 9.59 Å². The van der Waals surface area contributed by atoms with Gasteiger partial charge in [0.15, 0.2) is 0 Å². The molecule has 2 rings (SSSR count). The van der Waals surface area contributed by atoms with Crippen molar-refractivity contribution in [1.82, 2.24) is 26.4 Å². The lowest BCUT2D eigenvalue weighted by atomic mass is 9.83. The number of aliphatic hydroxyl groups excluding tert-OH is 1. The van der Waals surface area contributed by atoms with Gasteiger partial charge >= 0.3 is 12.2 Å². The zero-order valence-electron chi connectivity index (χ0n) is 28.5. The van der Waals surface area contributed by atoms with Crippen molar-refractivity contribution in [3.8, 4) is 5.75 Å². The molecule has 1 aromatic rings. The average Bonchev–Trinajstić information content (AvgIpc) is 3.02. The van der Waals surface area contributed by atoms with Crippen LogP contribution in [0.1, 0.15) is 78.7 Å². The maximum absolute atomic E-state index is 13.5. The summed E-state index contributed by atoms with van der Waals surface area (Å²) in [5, 5.41) is 21.5. The first-order chi connectivity index (χ1) is 21.9. The first-order valence-electron chi connectivity index (χ1n) is 16.3. The van der Waals surface area contributed by atoms with E-state index >= 15 is 0 Å². The fraction of sp³-hybridized carbons (Fsp3) is 0.697. The molecule has 0 unspecified atom stereocenters. The van der Waals surface area contributed by atoms with Crippen molar-refractivity contribution in [2.75, 3.05) is 27.4 Å². The summed E-state index contributed by atoms with van der Waals surface area (Å²) in [4.78, 5) is 50.9. The first kappa shape index (κ1) is 38.6. The molecule has 0 saturated heterocycles. The molecule has 13 nitrogen and oxygen atoms in total. The molecule has 5 N–H and O–H groups in total. The van der Waals surface area contributed by atoms with Gasteiger partial charge in [0.25, 0.3) is 5.91 Å². The summed E-state index contributed by atoms with van der Waals surface area (Å²) in [6, 6.07) is 4.97. The predicted molar refractivity (Wildman–Crippen MR) is 174 cm³/mol. The Bertz CT molecular complexity index is 1090. The van der Waals surface area contributed by atoms with E-state index in [9.17, 15) is 24.3 Å². The quantitative estimate of drug-likeness (QED) is 0.159. The van der Waals surface area contributed by atoms with Crippen molar-refractivity contribution >= 4 is 24.0 Å². The largest absolute Gasteiger partial charge is 0.494 e. The number of nitrogens with zero attached hydrogens (tertiary/aromatic N) is 1. The van der Waals surface area contributed by atoms with E-state index in [0.717, 1.165) is 37.7 Å². The molecular formula is C33H55N5O8. The minimum atomic E-state index is -1.09. The van der Waals surface area contributed by atoms with E-state index in [1.165, 1.54) is 14.2 Å². The van der Waals surface area contributed by atoms with Gasteiger partial charge in [0.2, 0.25) is 5.91 Å². The van der Waals surface area contributed by atoms with E-state index in [1.54, 1.807) is 18.9 Å². The third kappa shape index (κ3) is 13.0. The standard InChI is InChI=1S/C33H55N5O8/c1-8-46-25-16-14-24(15-17-25)19-38(37-31(41)29(22(4)5)36-33(43)45-7)20-27(39)26(18-23-12-10-9-11-13-23)34-30(40)28(21(2)3)35-32(42)44-6/h14-17,21-23,26-29,39H,8-13,18-20H2,1-7H3,(H,34,40)(H,35,42)(H,36,43)(H,37,41)/t26-,27-,28-,29-/m0/s1. The summed E-state index contributed by atoms with van der Waals surface area (Å²) < 4.78 is 15.0. The van der Waals surface area contributed by atoms with Gasteiger partial charge in [-0.15, -0.1) is 0 Å². The molecule has 0 aliphatic heterocycles. The van der Waals surface area contributed by atoms with Crippen LogP contribution in [0.3, 0.4) is 0 Å². The lowest BCUT2D eigenvalue weighted by Crippen LogP contribution is -2.59. The van der Waals surface area contributed by atoms with Crippen LogP contribution in [0.2, 0.25) is 0 Å². The number of carbonyl (C=O) groups is 4. The normalized spacial score (nSPS) is 16.2. The minimum Gasteiger partial charge on any atom is -0.494 e. The molecule has 4 atom stereocenters. The van der Waals surface area contributed by atoms with Gasteiger partial charge in [0.05, 0.1) is 33.0 Å². The molecule has 0 heterocycles. The van der Waals surface area contributed by atoms with Crippen LogP contribution >= 0.6 is 0 Å². The number of amides is 4. The van der Waals surface area contributed by atoms with Gasteiger partial charge in [0.1, 0.15) is 17.8 Å². The van der Waals surface area contributed by atoms with Crippen molar-refractivity contribution in [1.29, 1.82) is 0 Å². The average molecular weight is 650 g/mol. The van der Waals surface area contributed by atoms with Crippen LogP contribution in [0, 0.1) is 17.8 Å². The zero-order chi connectivity index (χ0) is 34.2. The van der Waals surface area contributed by atoms with E-state index in [4.69, 9.17) is 14.2 Å². The number of ether oxygens (including phenoxy) is 3. The maximum atomic E-state index is 13.5. The van der Waals surface area contributed by atoms with Crippen LogP contribution < -0.4 is 26.1 Å². The molecule has 0 radical (unpaired) electrons. The van der Waals surface area contributed by atoms with Crippen molar-refractivity contribution in [3.05, 3.63) is 29.8 Å². The third-order valence-electron chi connectivity index (χ3n) is 8.20. The van der Waals surface area contributed by atoms with Gasteiger partial charge in [-0.25, -0.2) is 14.6 Å².